The first kappa shape index (κ1) is 18.0. The monoisotopic (exact) mass is 360 g/mol. The molecule has 6 heteroatoms. The Morgan fingerprint density at radius 3 is 2.62 bits per heavy atom. The molecular weight excluding hydrogens is 339 g/mol. The normalized spacial score (nSPS) is 12.8. The SMILES string of the molecule is COC(=O)CC(C)(C)c1ccc(OCc2cc(F)cc3c2OCO3)cc1. The van der Waals surface area contributed by atoms with Gasteiger partial charge in [-0.1, -0.05) is 26.0 Å². The van der Waals surface area contributed by atoms with Gasteiger partial charge >= 0.3 is 5.97 Å². The molecule has 0 aliphatic carbocycles. The molecule has 138 valence electrons. The Kier molecular flexibility index (Phi) is 5.02. The van der Waals surface area contributed by atoms with Crippen LogP contribution in [0.5, 0.6) is 17.2 Å². The van der Waals surface area contributed by atoms with Gasteiger partial charge in [0.25, 0.3) is 0 Å². The number of halogens is 1. The number of methoxy groups -OCH3 is 1. The van der Waals surface area contributed by atoms with Crippen molar-refractivity contribution in [1.82, 2.24) is 0 Å². The number of carbonyl (C=O) groups is 1. The van der Waals surface area contributed by atoms with Gasteiger partial charge < -0.3 is 18.9 Å². The van der Waals surface area contributed by atoms with E-state index in [4.69, 9.17) is 18.9 Å². The lowest BCUT2D eigenvalue weighted by atomic mass is 9.81. The lowest BCUT2D eigenvalue weighted by molar-refractivity contribution is -0.141. The van der Waals surface area contributed by atoms with E-state index in [0.717, 1.165) is 5.56 Å². The highest BCUT2D eigenvalue weighted by atomic mass is 19.1. The summed E-state index contributed by atoms with van der Waals surface area (Å²) in [6.07, 6.45) is 0.288. The average Bonchev–Trinajstić information content (AvgIpc) is 3.08. The van der Waals surface area contributed by atoms with Gasteiger partial charge in [0, 0.05) is 17.0 Å². The zero-order valence-corrected chi connectivity index (χ0v) is 15.0. The van der Waals surface area contributed by atoms with E-state index in [2.05, 4.69) is 0 Å². The lowest BCUT2D eigenvalue weighted by Crippen LogP contribution is -2.22. The van der Waals surface area contributed by atoms with Gasteiger partial charge in [-0.05, 0) is 23.8 Å². The number of fused-ring (bicyclic) bond motifs is 1. The summed E-state index contributed by atoms with van der Waals surface area (Å²) < 4.78 is 34.7. The number of benzene rings is 2. The first-order valence-electron chi connectivity index (χ1n) is 8.27. The maximum absolute atomic E-state index is 13.6. The van der Waals surface area contributed by atoms with E-state index >= 15 is 0 Å². The van der Waals surface area contributed by atoms with Crippen LogP contribution in [-0.4, -0.2) is 19.9 Å². The number of ether oxygens (including phenoxy) is 4. The Morgan fingerprint density at radius 2 is 1.92 bits per heavy atom. The Balaban J connectivity index is 1.68. The molecule has 5 nitrogen and oxygen atoms in total. The second-order valence-electron chi connectivity index (χ2n) is 6.75. The van der Waals surface area contributed by atoms with Crippen LogP contribution in [0.1, 0.15) is 31.4 Å². The minimum atomic E-state index is -0.396. The largest absolute Gasteiger partial charge is 0.489 e. The van der Waals surface area contributed by atoms with Crippen LogP contribution >= 0.6 is 0 Å². The van der Waals surface area contributed by atoms with Crippen molar-refractivity contribution < 1.29 is 28.1 Å². The van der Waals surface area contributed by atoms with Gasteiger partial charge in [0.05, 0.1) is 13.5 Å². The summed E-state index contributed by atoms with van der Waals surface area (Å²) in [5.74, 6) is 0.899. The Bertz CT molecular complexity index is 799. The van der Waals surface area contributed by atoms with Gasteiger partial charge in [0.15, 0.2) is 11.5 Å². The number of hydrogen-bond donors (Lipinski definition) is 0. The molecule has 0 aromatic heterocycles. The minimum Gasteiger partial charge on any atom is -0.489 e. The van der Waals surface area contributed by atoms with Gasteiger partial charge in [-0.2, -0.15) is 0 Å². The quantitative estimate of drug-likeness (QED) is 0.730. The fraction of sp³-hybridized carbons (Fsp3) is 0.350. The zero-order valence-electron chi connectivity index (χ0n) is 15.0. The van der Waals surface area contributed by atoms with E-state index in [1.54, 1.807) is 0 Å². The van der Waals surface area contributed by atoms with Gasteiger partial charge in [-0.15, -0.1) is 0 Å². The van der Waals surface area contributed by atoms with Crippen molar-refractivity contribution in [3.63, 3.8) is 0 Å². The molecule has 0 fully saturated rings. The van der Waals surface area contributed by atoms with Gasteiger partial charge in [-0.3, -0.25) is 4.79 Å². The number of rotatable bonds is 6. The zero-order chi connectivity index (χ0) is 18.7. The van der Waals surface area contributed by atoms with Crippen molar-refractivity contribution in [2.45, 2.75) is 32.3 Å². The Labute approximate surface area is 151 Å². The summed E-state index contributed by atoms with van der Waals surface area (Å²) in [5.41, 5.74) is 1.24. The van der Waals surface area contributed by atoms with Gasteiger partial charge in [-0.25, -0.2) is 4.39 Å². The standard InChI is InChI=1S/C20H21FO5/c1-20(2,10-18(22)23-3)14-4-6-16(7-5-14)24-11-13-8-15(21)9-17-19(13)26-12-25-17/h4-9H,10-12H2,1-3H3. The fourth-order valence-electron chi connectivity index (χ4n) is 2.85. The molecule has 2 aromatic carbocycles. The first-order chi connectivity index (χ1) is 12.4. The van der Waals surface area contributed by atoms with Crippen molar-refractivity contribution >= 4 is 5.97 Å². The summed E-state index contributed by atoms with van der Waals surface area (Å²) in [4.78, 5) is 11.5. The van der Waals surface area contributed by atoms with Gasteiger partial charge in [0.1, 0.15) is 18.2 Å². The molecule has 26 heavy (non-hydrogen) atoms. The van der Waals surface area contributed by atoms with Crippen LogP contribution in [-0.2, 0) is 21.6 Å². The molecule has 0 spiro atoms. The van der Waals surface area contributed by atoms with Crippen molar-refractivity contribution in [3.05, 3.63) is 53.3 Å². The third-order valence-corrected chi connectivity index (χ3v) is 4.36. The molecule has 0 radical (unpaired) electrons. The number of esters is 1. The van der Waals surface area contributed by atoms with Crippen LogP contribution < -0.4 is 14.2 Å². The molecule has 0 saturated carbocycles. The van der Waals surface area contributed by atoms with E-state index in [1.165, 1.54) is 19.2 Å². The molecule has 1 aliphatic heterocycles. The first-order valence-corrected chi connectivity index (χ1v) is 8.27. The summed E-state index contributed by atoms with van der Waals surface area (Å²) in [7, 11) is 1.38. The average molecular weight is 360 g/mol. The molecule has 0 N–H and O–H groups in total. The molecule has 1 aliphatic rings. The number of hydrogen-bond acceptors (Lipinski definition) is 5. The molecule has 0 atom stereocenters. The van der Waals surface area contributed by atoms with Crippen LogP contribution in [0, 0.1) is 5.82 Å². The van der Waals surface area contributed by atoms with E-state index in [0.29, 0.717) is 22.8 Å². The highest BCUT2D eigenvalue weighted by molar-refractivity contribution is 5.71. The summed E-state index contributed by atoms with van der Waals surface area (Å²) in [6.45, 7) is 4.20. The van der Waals surface area contributed by atoms with Crippen LogP contribution in [0.25, 0.3) is 0 Å². The topological polar surface area (TPSA) is 54.0 Å². The Morgan fingerprint density at radius 1 is 1.19 bits per heavy atom. The molecule has 0 saturated heterocycles. The van der Waals surface area contributed by atoms with E-state index in [9.17, 15) is 9.18 Å². The molecular formula is C20H21FO5. The third kappa shape index (κ3) is 3.90. The molecule has 0 amide bonds. The van der Waals surface area contributed by atoms with E-state index in [-0.39, 0.29) is 31.2 Å². The lowest BCUT2D eigenvalue weighted by Gasteiger charge is -2.24. The van der Waals surface area contributed by atoms with Crippen molar-refractivity contribution in [2.24, 2.45) is 0 Å². The molecule has 3 rings (SSSR count). The van der Waals surface area contributed by atoms with E-state index in [1.807, 2.05) is 38.1 Å². The molecule has 2 aromatic rings. The second kappa shape index (κ2) is 7.23. The van der Waals surface area contributed by atoms with Crippen molar-refractivity contribution in [3.8, 4) is 17.2 Å². The van der Waals surface area contributed by atoms with Crippen molar-refractivity contribution in [1.29, 1.82) is 0 Å². The van der Waals surface area contributed by atoms with Crippen LogP contribution in [0.2, 0.25) is 0 Å². The number of carbonyl (C=O) groups excluding carboxylic acids is 1. The predicted molar refractivity (Wildman–Crippen MR) is 93.0 cm³/mol. The predicted octanol–water partition coefficient (Wildman–Crippen LogP) is 3.97. The third-order valence-electron chi connectivity index (χ3n) is 4.36. The maximum Gasteiger partial charge on any atom is 0.306 e. The highest BCUT2D eigenvalue weighted by Crippen LogP contribution is 2.37. The maximum atomic E-state index is 13.6. The molecule has 1 heterocycles. The highest BCUT2D eigenvalue weighted by Gasteiger charge is 2.25. The van der Waals surface area contributed by atoms with E-state index < -0.39 is 5.82 Å². The summed E-state index contributed by atoms with van der Waals surface area (Å²) in [5, 5.41) is 0. The molecule has 0 unspecified atom stereocenters. The fourth-order valence-corrected chi connectivity index (χ4v) is 2.85. The van der Waals surface area contributed by atoms with Crippen molar-refractivity contribution in [2.75, 3.05) is 13.9 Å². The van der Waals surface area contributed by atoms with Gasteiger partial charge in [0.2, 0.25) is 6.79 Å². The van der Waals surface area contributed by atoms with Crippen LogP contribution in [0.3, 0.4) is 0 Å². The van der Waals surface area contributed by atoms with Crippen LogP contribution in [0.4, 0.5) is 4.39 Å². The molecule has 0 bridgehead atoms. The second-order valence-corrected chi connectivity index (χ2v) is 6.75. The smallest absolute Gasteiger partial charge is 0.306 e. The minimum absolute atomic E-state index is 0.0791. The summed E-state index contributed by atoms with van der Waals surface area (Å²) in [6, 6.07) is 10.1. The summed E-state index contributed by atoms with van der Waals surface area (Å²) >= 11 is 0. The van der Waals surface area contributed by atoms with Crippen LogP contribution in [0.15, 0.2) is 36.4 Å². The Hall–Kier alpha value is -2.76.